The molecule has 0 aliphatic rings. The SMILES string of the molecule is CN(c1ccsc1)S(=O)(=O)O. The Morgan fingerprint density at radius 3 is 2.64 bits per heavy atom. The molecule has 0 unspecified atom stereocenters. The number of thiophene rings is 1. The zero-order valence-corrected chi connectivity index (χ0v) is 7.39. The van der Waals surface area contributed by atoms with Crippen LogP contribution in [-0.4, -0.2) is 20.0 Å². The lowest BCUT2D eigenvalue weighted by atomic mass is 10.5. The van der Waals surface area contributed by atoms with Gasteiger partial charge in [-0.25, -0.2) is 0 Å². The second kappa shape index (κ2) is 2.80. The van der Waals surface area contributed by atoms with Crippen molar-refractivity contribution in [3.8, 4) is 0 Å². The molecule has 0 aromatic carbocycles. The van der Waals surface area contributed by atoms with E-state index in [1.807, 2.05) is 0 Å². The van der Waals surface area contributed by atoms with E-state index in [4.69, 9.17) is 4.55 Å². The van der Waals surface area contributed by atoms with Gasteiger partial charge in [-0.2, -0.15) is 19.8 Å². The van der Waals surface area contributed by atoms with Gasteiger partial charge < -0.3 is 0 Å². The van der Waals surface area contributed by atoms with E-state index in [1.54, 1.807) is 16.8 Å². The van der Waals surface area contributed by atoms with Gasteiger partial charge in [-0.1, -0.05) is 0 Å². The predicted molar refractivity (Wildman–Crippen MR) is 44.3 cm³/mol. The van der Waals surface area contributed by atoms with Crippen LogP contribution in [0.4, 0.5) is 5.69 Å². The smallest absolute Gasteiger partial charge is 0.269 e. The first-order valence-electron chi connectivity index (χ1n) is 2.75. The van der Waals surface area contributed by atoms with Gasteiger partial charge in [0, 0.05) is 12.4 Å². The average Bonchev–Trinajstić information content (AvgIpc) is 2.34. The van der Waals surface area contributed by atoms with Crippen molar-refractivity contribution in [2.75, 3.05) is 11.4 Å². The summed E-state index contributed by atoms with van der Waals surface area (Å²) in [6.07, 6.45) is 0. The molecule has 1 heterocycles. The Morgan fingerprint density at radius 2 is 2.27 bits per heavy atom. The van der Waals surface area contributed by atoms with Crippen molar-refractivity contribution >= 4 is 27.3 Å². The van der Waals surface area contributed by atoms with Crippen molar-refractivity contribution in [2.45, 2.75) is 0 Å². The Hall–Kier alpha value is -0.590. The fraction of sp³-hybridized carbons (Fsp3) is 0.200. The van der Waals surface area contributed by atoms with Crippen LogP contribution in [0, 0.1) is 0 Å². The molecule has 0 spiro atoms. The minimum Gasteiger partial charge on any atom is -0.269 e. The minimum atomic E-state index is -4.09. The summed E-state index contributed by atoms with van der Waals surface area (Å²) in [6, 6.07) is 1.61. The van der Waals surface area contributed by atoms with Crippen molar-refractivity contribution < 1.29 is 13.0 Å². The van der Waals surface area contributed by atoms with Crippen LogP contribution in [0.3, 0.4) is 0 Å². The molecule has 6 heteroatoms. The van der Waals surface area contributed by atoms with Crippen LogP contribution >= 0.6 is 11.3 Å². The molecular weight excluding hydrogens is 186 g/mol. The second-order valence-electron chi connectivity index (χ2n) is 1.93. The Morgan fingerprint density at radius 1 is 1.64 bits per heavy atom. The maximum atomic E-state index is 10.5. The van der Waals surface area contributed by atoms with Gasteiger partial charge in [0.2, 0.25) is 0 Å². The van der Waals surface area contributed by atoms with Crippen LogP contribution in [0.15, 0.2) is 16.8 Å². The van der Waals surface area contributed by atoms with Crippen LogP contribution in [0.1, 0.15) is 0 Å². The Labute approximate surface area is 69.0 Å². The fourth-order valence-corrected chi connectivity index (χ4v) is 1.69. The molecule has 0 aliphatic heterocycles. The van der Waals surface area contributed by atoms with Crippen molar-refractivity contribution in [1.82, 2.24) is 0 Å². The fourth-order valence-electron chi connectivity index (χ4n) is 0.570. The van der Waals surface area contributed by atoms with Gasteiger partial charge in [0.05, 0.1) is 5.69 Å². The zero-order chi connectivity index (χ0) is 8.48. The summed E-state index contributed by atoms with van der Waals surface area (Å²) in [7, 11) is -2.80. The van der Waals surface area contributed by atoms with Gasteiger partial charge >= 0.3 is 10.3 Å². The lowest BCUT2D eigenvalue weighted by Gasteiger charge is -2.11. The Kier molecular flexibility index (Phi) is 2.17. The molecule has 0 amide bonds. The third-order valence-electron chi connectivity index (χ3n) is 1.22. The number of nitrogens with zero attached hydrogens (tertiary/aromatic N) is 1. The first-order valence-corrected chi connectivity index (χ1v) is 5.09. The number of rotatable bonds is 2. The molecule has 0 aliphatic carbocycles. The second-order valence-corrected chi connectivity index (χ2v) is 4.15. The monoisotopic (exact) mass is 193 g/mol. The molecule has 0 saturated carbocycles. The summed E-state index contributed by atoms with van der Waals surface area (Å²) in [4.78, 5) is 0. The maximum Gasteiger partial charge on any atom is 0.359 e. The van der Waals surface area contributed by atoms with Crippen molar-refractivity contribution in [1.29, 1.82) is 0 Å². The summed E-state index contributed by atoms with van der Waals surface area (Å²) in [5.41, 5.74) is 0.470. The highest BCUT2D eigenvalue weighted by molar-refractivity contribution is 7.87. The molecule has 0 radical (unpaired) electrons. The van der Waals surface area contributed by atoms with E-state index in [1.165, 1.54) is 18.4 Å². The number of anilines is 1. The lowest BCUT2D eigenvalue weighted by molar-refractivity contribution is 0.481. The molecule has 0 bridgehead atoms. The van der Waals surface area contributed by atoms with Gasteiger partial charge in [0.15, 0.2) is 0 Å². The summed E-state index contributed by atoms with van der Waals surface area (Å²) < 4.78 is 30.4. The first-order chi connectivity index (χ1) is 5.02. The van der Waals surface area contributed by atoms with E-state index in [2.05, 4.69) is 0 Å². The molecule has 1 aromatic heterocycles. The van der Waals surface area contributed by atoms with Crippen molar-refractivity contribution in [2.24, 2.45) is 0 Å². The molecule has 4 nitrogen and oxygen atoms in total. The van der Waals surface area contributed by atoms with Crippen molar-refractivity contribution in [3.05, 3.63) is 16.8 Å². The van der Waals surface area contributed by atoms with Gasteiger partial charge in [-0.15, -0.1) is 0 Å². The zero-order valence-electron chi connectivity index (χ0n) is 5.76. The first kappa shape index (κ1) is 8.51. The van der Waals surface area contributed by atoms with Gasteiger partial charge in [0.1, 0.15) is 0 Å². The van der Waals surface area contributed by atoms with Crippen LogP contribution in [0.5, 0.6) is 0 Å². The number of hydrogen-bond donors (Lipinski definition) is 1. The van der Waals surface area contributed by atoms with E-state index in [0.29, 0.717) is 5.69 Å². The topological polar surface area (TPSA) is 57.6 Å². The van der Waals surface area contributed by atoms with Crippen LogP contribution in [-0.2, 0) is 10.3 Å². The number of hydrogen-bond acceptors (Lipinski definition) is 3. The largest absolute Gasteiger partial charge is 0.359 e. The third kappa shape index (κ3) is 1.92. The van der Waals surface area contributed by atoms with E-state index in [-0.39, 0.29) is 0 Å². The third-order valence-corrected chi connectivity index (χ3v) is 2.79. The molecular formula is C5H7NO3S2. The molecule has 62 valence electrons. The molecule has 0 fully saturated rings. The Balaban J connectivity index is 2.97. The van der Waals surface area contributed by atoms with Gasteiger partial charge in [-0.05, 0) is 11.4 Å². The standard InChI is InChI=1S/C5H7NO3S2/c1-6(11(7,8)9)5-2-3-10-4-5/h2-4H,1H3,(H,7,8,9). The highest BCUT2D eigenvalue weighted by Gasteiger charge is 2.13. The quantitative estimate of drug-likeness (QED) is 0.712. The molecule has 0 saturated heterocycles. The summed E-state index contributed by atoms with van der Waals surface area (Å²) in [5, 5.41) is 3.37. The van der Waals surface area contributed by atoms with Crippen molar-refractivity contribution in [3.63, 3.8) is 0 Å². The van der Waals surface area contributed by atoms with E-state index in [9.17, 15) is 8.42 Å². The van der Waals surface area contributed by atoms with E-state index < -0.39 is 10.3 Å². The molecule has 1 aromatic rings. The van der Waals surface area contributed by atoms with Crippen LogP contribution in [0.25, 0.3) is 0 Å². The maximum absolute atomic E-state index is 10.5. The normalized spacial score (nSPS) is 11.5. The lowest BCUT2D eigenvalue weighted by Crippen LogP contribution is -2.24. The van der Waals surface area contributed by atoms with E-state index in [0.717, 1.165) is 4.31 Å². The summed E-state index contributed by atoms with van der Waals surface area (Å²) >= 11 is 1.37. The molecule has 11 heavy (non-hydrogen) atoms. The Bertz CT molecular complexity index is 316. The van der Waals surface area contributed by atoms with Crippen LogP contribution < -0.4 is 4.31 Å². The van der Waals surface area contributed by atoms with Gasteiger partial charge in [0.25, 0.3) is 0 Å². The molecule has 0 atom stereocenters. The molecule has 1 rings (SSSR count). The average molecular weight is 193 g/mol. The molecule has 1 N–H and O–H groups in total. The van der Waals surface area contributed by atoms with Gasteiger partial charge in [-0.3, -0.25) is 8.86 Å². The van der Waals surface area contributed by atoms with Crippen LogP contribution in [0.2, 0.25) is 0 Å². The predicted octanol–water partition coefficient (Wildman–Crippen LogP) is 0.987. The summed E-state index contributed by atoms with van der Waals surface area (Å²) in [5.74, 6) is 0. The highest BCUT2D eigenvalue weighted by Crippen LogP contribution is 2.18. The summed E-state index contributed by atoms with van der Waals surface area (Å²) in [6.45, 7) is 0. The van der Waals surface area contributed by atoms with E-state index >= 15 is 0 Å². The minimum absolute atomic E-state index is 0.470. The highest BCUT2D eigenvalue weighted by atomic mass is 32.2.